The number of carbonyl (C=O) groups is 2. The fourth-order valence-electron chi connectivity index (χ4n) is 3.14. The van der Waals surface area contributed by atoms with Crippen LogP contribution in [0.25, 0.3) is 0 Å². The molecule has 1 fully saturated rings. The molecule has 0 bridgehead atoms. The van der Waals surface area contributed by atoms with E-state index in [-0.39, 0.29) is 18.5 Å². The highest BCUT2D eigenvalue weighted by Crippen LogP contribution is 2.40. The number of hydrogen-bond acceptors (Lipinski definition) is 4. The molecule has 1 aliphatic carbocycles. The highest BCUT2D eigenvalue weighted by Gasteiger charge is 2.30. The van der Waals surface area contributed by atoms with E-state index in [9.17, 15) is 9.59 Å². The third kappa shape index (κ3) is 3.75. The number of ether oxygens (including phenoxy) is 1. The normalized spacial score (nSPS) is 24.7. The molecule has 0 spiro atoms. The predicted molar refractivity (Wildman–Crippen MR) is 94.5 cm³/mol. The molecule has 1 aromatic rings. The summed E-state index contributed by atoms with van der Waals surface area (Å²) in [5.74, 6) is -0.769. The lowest BCUT2D eigenvalue weighted by Gasteiger charge is -2.27. The summed E-state index contributed by atoms with van der Waals surface area (Å²) < 4.78 is 5.11. The molecule has 2 unspecified atom stereocenters. The number of aryl methyl sites for hydroxylation is 1. The highest BCUT2D eigenvalue weighted by atomic mass is 32.2. The second-order valence-electron chi connectivity index (χ2n) is 5.93. The van der Waals surface area contributed by atoms with Gasteiger partial charge >= 0.3 is 12.0 Å². The third-order valence-electron chi connectivity index (χ3n) is 4.34. The van der Waals surface area contributed by atoms with Gasteiger partial charge < -0.3 is 15.4 Å². The van der Waals surface area contributed by atoms with Crippen molar-refractivity contribution in [3.05, 3.63) is 46.5 Å². The highest BCUT2D eigenvalue weighted by molar-refractivity contribution is 8.02. The Morgan fingerprint density at radius 2 is 2.25 bits per heavy atom. The van der Waals surface area contributed by atoms with Crippen LogP contribution in [0.2, 0.25) is 0 Å². The quantitative estimate of drug-likeness (QED) is 0.822. The Labute approximate surface area is 146 Å². The maximum Gasteiger partial charge on any atom is 0.319 e. The number of rotatable bonds is 4. The van der Waals surface area contributed by atoms with Gasteiger partial charge in [0.2, 0.25) is 0 Å². The molecular formula is C18H22N2O3S. The largest absolute Gasteiger partial charge is 0.465 e. The summed E-state index contributed by atoms with van der Waals surface area (Å²) in [6, 6.07) is 8.23. The number of nitrogens with one attached hydrogen (secondary N) is 2. The van der Waals surface area contributed by atoms with Gasteiger partial charge in [0.15, 0.2) is 0 Å². The summed E-state index contributed by atoms with van der Waals surface area (Å²) in [4.78, 5) is 23.7. The second-order valence-corrected chi connectivity index (χ2v) is 7.01. The van der Waals surface area contributed by atoms with Gasteiger partial charge in [0.1, 0.15) is 5.92 Å². The van der Waals surface area contributed by atoms with Crippen molar-refractivity contribution < 1.29 is 14.3 Å². The Kier molecular flexibility index (Phi) is 5.45. The van der Waals surface area contributed by atoms with Crippen molar-refractivity contribution in [3.63, 3.8) is 0 Å². The first kappa shape index (κ1) is 16.9. The smallest absolute Gasteiger partial charge is 0.319 e. The van der Waals surface area contributed by atoms with Crippen molar-refractivity contribution in [2.75, 3.05) is 13.2 Å². The van der Waals surface area contributed by atoms with E-state index in [1.807, 2.05) is 5.41 Å². The van der Waals surface area contributed by atoms with Crippen molar-refractivity contribution in [1.82, 2.24) is 10.6 Å². The Bertz CT molecular complexity index is 659. The monoisotopic (exact) mass is 346 g/mol. The van der Waals surface area contributed by atoms with Crippen LogP contribution >= 0.6 is 11.8 Å². The van der Waals surface area contributed by atoms with E-state index in [1.165, 1.54) is 11.1 Å². The molecule has 2 N–H and O–H groups in total. The van der Waals surface area contributed by atoms with E-state index in [0.29, 0.717) is 17.6 Å². The standard InChI is InChI=1S/C18H22N2O3S/c1-2-23-17(21)14-10-19-18(22)20-15(14)11-24-16-9-5-7-12-6-3-4-8-13(12)16/h3-4,6,8,11,14,16H,2,5,7,9-10H2,1H3,(H2,19,20,22). The molecule has 1 heterocycles. The molecule has 0 radical (unpaired) electrons. The van der Waals surface area contributed by atoms with E-state index >= 15 is 0 Å². The molecule has 128 valence electrons. The minimum Gasteiger partial charge on any atom is -0.465 e. The molecule has 24 heavy (non-hydrogen) atoms. The number of fused-ring (bicyclic) bond motifs is 1. The fourth-order valence-corrected chi connectivity index (χ4v) is 4.35. The van der Waals surface area contributed by atoms with Gasteiger partial charge in [0.05, 0.1) is 6.61 Å². The molecule has 6 heteroatoms. The first-order valence-corrected chi connectivity index (χ1v) is 9.28. The maximum atomic E-state index is 12.1. The third-order valence-corrected chi connectivity index (χ3v) is 5.55. The molecule has 2 atom stereocenters. The van der Waals surface area contributed by atoms with Gasteiger partial charge in [-0.15, -0.1) is 11.8 Å². The van der Waals surface area contributed by atoms with Crippen molar-refractivity contribution in [3.8, 4) is 0 Å². The molecule has 2 amide bonds. The summed E-state index contributed by atoms with van der Waals surface area (Å²) in [7, 11) is 0. The van der Waals surface area contributed by atoms with E-state index in [1.54, 1.807) is 18.7 Å². The summed E-state index contributed by atoms with van der Waals surface area (Å²) in [5, 5.41) is 7.69. The summed E-state index contributed by atoms with van der Waals surface area (Å²) in [6.07, 6.45) is 3.38. The average molecular weight is 346 g/mol. The Hall–Kier alpha value is -1.95. The zero-order chi connectivity index (χ0) is 16.9. The lowest BCUT2D eigenvalue weighted by atomic mass is 9.91. The number of thioether (sulfide) groups is 1. The Balaban J connectivity index is 1.76. The average Bonchev–Trinajstić information content (AvgIpc) is 2.60. The molecular weight excluding hydrogens is 324 g/mol. The molecule has 5 nitrogen and oxygen atoms in total. The number of amides is 2. The maximum absolute atomic E-state index is 12.1. The summed E-state index contributed by atoms with van der Waals surface area (Å²) >= 11 is 1.68. The number of urea groups is 1. The molecule has 0 aromatic heterocycles. The van der Waals surface area contributed by atoms with Gasteiger partial charge in [-0.3, -0.25) is 4.79 Å². The summed E-state index contributed by atoms with van der Waals surface area (Å²) in [6.45, 7) is 2.39. The molecule has 3 rings (SSSR count). The Morgan fingerprint density at radius 1 is 1.42 bits per heavy atom. The first-order valence-electron chi connectivity index (χ1n) is 8.34. The SMILES string of the molecule is CCOC(=O)C1CNC(=O)NC1=CSC1CCCc2ccccc21. The van der Waals surface area contributed by atoms with E-state index in [4.69, 9.17) is 4.74 Å². The molecule has 1 saturated heterocycles. The number of hydrogen-bond donors (Lipinski definition) is 2. The van der Waals surface area contributed by atoms with Gasteiger partial charge in [-0.1, -0.05) is 24.3 Å². The van der Waals surface area contributed by atoms with Crippen LogP contribution in [0.1, 0.15) is 36.1 Å². The van der Waals surface area contributed by atoms with Crippen LogP contribution in [0.4, 0.5) is 4.79 Å². The molecule has 1 aromatic carbocycles. The van der Waals surface area contributed by atoms with Gasteiger partial charge in [-0.2, -0.15) is 0 Å². The zero-order valence-electron chi connectivity index (χ0n) is 13.7. The van der Waals surface area contributed by atoms with E-state index in [0.717, 1.165) is 19.3 Å². The van der Waals surface area contributed by atoms with E-state index < -0.39 is 5.92 Å². The molecule has 1 aliphatic heterocycles. The predicted octanol–water partition coefficient (Wildman–Crippen LogP) is 3.13. The number of carbonyl (C=O) groups excluding carboxylic acids is 2. The van der Waals surface area contributed by atoms with E-state index in [2.05, 4.69) is 34.9 Å². The second kappa shape index (κ2) is 7.75. The zero-order valence-corrected chi connectivity index (χ0v) is 14.5. The van der Waals surface area contributed by atoms with Gasteiger partial charge in [-0.25, -0.2) is 4.79 Å². The minimum absolute atomic E-state index is 0.272. The Morgan fingerprint density at radius 3 is 3.08 bits per heavy atom. The molecule has 2 aliphatic rings. The first-order chi connectivity index (χ1) is 11.7. The van der Waals surface area contributed by atoms with Crippen LogP contribution in [0, 0.1) is 5.92 Å². The lowest BCUT2D eigenvalue weighted by Crippen LogP contribution is -2.49. The van der Waals surface area contributed by atoms with Gasteiger partial charge in [-0.05, 0) is 42.7 Å². The van der Waals surface area contributed by atoms with Crippen LogP contribution in [0.3, 0.4) is 0 Å². The van der Waals surface area contributed by atoms with Gasteiger partial charge in [0, 0.05) is 17.5 Å². The van der Waals surface area contributed by atoms with Crippen LogP contribution in [0.5, 0.6) is 0 Å². The fraction of sp³-hybridized carbons (Fsp3) is 0.444. The minimum atomic E-state index is -0.464. The van der Waals surface area contributed by atoms with Crippen molar-refractivity contribution >= 4 is 23.8 Å². The van der Waals surface area contributed by atoms with Gasteiger partial charge in [0.25, 0.3) is 0 Å². The number of esters is 1. The lowest BCUT2D eigenvalue weighted by molar-refractivity contribution is -0.146. The topological polar surface area (TPSA) is 67.4 Å². The van der Waals surface area contributed by atoms with Crippen LogP contribution < -0.4 is 10.6 Å². The molecule has 0 saturated carbocycles. The van der Waals surface area contributed by atoms with Crippen LogP contribution in [-0.4, -0.2) is 25.2 Å². The number of benzene rings is 1. The van der Waals surface area contributed by atoms with Crippen molar-refractivity contribution in [2.45, 2.75) is 31.4 Å². The van der Waals surface area contributed by atoms with Crippen LogP contribution in [-0.2, 0) is 16.0 Å². The van der Waals surface area contributed by atoms with Crippen LogP contribution in [0.15, 0.2) is 35.4 Å². The van der Waals surface area contributed by atoms with Crippen molar-refractivity contribution in [2.24, 2.45) is 5.92 Å². The van der Waals surface area contributed by atoms with Crippen molar-refractivity contribution in [1.29, 1.82) is 0 Å². The summed E-state index contributed by atoms with van der Waals surface area (Å²) in [5.41, 5.74) is 3.39.